The number of piperazine rings is 1. The van der Waals surface area contributed by atoms with Gasteiger partial charge < -0.3 is 10.2 Å². The first-order valence-electron chi connectivity index (χ1n) is 14.8. The van der Waals surface area contributed by atoms with Crippen molar-refractivity contribution in [1.29, 1.82) is 0 Å². The third-order valence-corrected chi connectivity index (χ3v) is 11.7. The Kier molecular flexibility index (Phi) is 9.40. The van der Waals surface area contributed by atoms with Crippen LogP contribution in [0.3, 0.4) is 0 Å². The molecule has 242 valence electrons. The van der Waals surface area contributed by atoms with E-state index in [2.05, 4.69) is 20.1 Å². The van der Waals surface area contributed by atoms with Gasteiger partial charge in [0.15, 0.2) is 0 Å². The topological polar surface area (TPSA) is 98.7 Å². The van der Waals surface area contributed by atoms with Gasteiger partial charge in [-0.05, 0) is 48.9 Å². The fraction of sp³-hybridized carbons (Fsp3) is 0.344. The van der Waals surface area contributed by atoms with Crippen molar-refractivity contribution in [2.24, 2.45) is 0 Å². The zero-order valence-electron chi connectivity index (χ0n) is 25.1. The molecule has 1 amide bonds. The number of nitrogens with zero attached hydrogens (tertiary/aromatic N) is 5. The van der Waals surface area contributed by atoms with E-state index in [4.69, 9.17) is 16.6 Å². The lowest BCUT2D eigenvalue weighted by molar-refractivity contribution is -0.124. The Hall–Kier alpha value is -3.49. The van der Waals surface area contributed by atoms with Gasteiger partial charge in [0.2, 0.25) is 5.91 Å². The molecule has 14 heteroatoms. The molecule has 1 atom stereocenters. The summed E-state index contributed by atoms with van der Waals surface area (Å²) in [6.07, 6.45) is 0.886. The number of anilines is 1. The minimum Gasteiger partial charge on any atom is -0.354 e. The number of thiophene rings is 1. The molecule has 1 aromatic carbocycles. The Labute approximate surface area is 275 Å². The molecule has 0 unspecified atom stereocenters. The van der Waals surface area contributed by atoms with Crippen molar-refractivity contribution >= 4 is 44.7 Å². The van der Waals surface area contributed by atoms with Gasteiger partial charge >= 0.3 is 0 Å². The summed E-state index contributed by atoms with van der Waals surface area (Å²) in [4.78, 5) is 27.3. The second-order valence-electron chi connectivity index (χ2n) is 11.6. The second kappa shape index (κ2) is 13.3. The molecule has 4 aromatic rings. The molecule has 46 heavy (non-hydrogen) atoms. The van der Waals surface area contributed by atoms with Gasteiger partial charge in [-0.2, -0.15) is 4.31 Å². The van der Waals surface area contributed by atoms with Crippen LogP contribution in [0.1, 0.15) is 23.2 Å². The van der Waals surface area contributed by atoms with Crippen molar-refractivity contribution in [3.63, 3.8) is 0 Å². The molecule has 2 aliphatic rings. The summed E-state index contributed by atoms with van der Waals surface area (Å²) in [5, 5.41) is 2.73. The van der Waals surface area contributed by atoms with Crippen molar-refractivity contribution in [1.82, 2.24) is 24.5 Å². The number of rotatable bonds is 9. The number of amides is 1. The van der Waals surface area contributed by atoms with Crippen molar-refractivity contribution < 1.29 is 22.0 Å². The van der Waals surface area contributed by atoms with Crippen LogP contribution in [0.25, 0.3) is 11.3 Å². The van der Waals surface area contributed by atoms with Crippen LogP contribution in [0.2, 0.25) is 4.34 Å². The van der Waals surface area contributed by atoms with E-state index in [1.165, 1.54) is 12.1 Å². The molecule has 0 saturated carbocycles. The Bertz CT molecular complexity index is 1800. The Morgan fingerprint density at radius 3 is 2.50 bits per heavy atom. The number of hydrogen-bond donors (Lipinski definition) is 1. The normalized spacial score (nSPS) is 19.0. The summed E-state index contributed by atoms with van der Waals surface area (Å²) >= 11 is 6.68. The highest BCUT2D eigenvalue weighted by molar-refractivity contribution is 7.91. The van der Waals surface area contributed by atoms with Gasteiger partial charge in [0.05, 0.1) is 22.3 Å². The molecule has 3 aromatic heterocycles. The molecule has 0 spiro atoms. The number of alkyl halides is 2. The summed E-state index contributed by atoms with van der Waals surface area (Å²) in [6, 6.07) is 18.7. The molecule has 2 saturated heterocycles. The summed E-state index contributed by atoms with van der Waals surface area (Å²) in [5.74, 6) is -3.40. The number of nitrogens with one attached hydrogen (secondary N) is 1. The molecule has 9 nitrogen and oxygen atoms in total. The number of hydrogen-bond acceptors (Lipinski definition) is 8. The lowest BCUT2D eigenvalue weighted by atomic mass is 10.1. The van der Waals surface area contributed by atoms with Crippen LogP contribution in [0.15, 0.2) is 77.1 Å². The van der Waals surface area contributed by atoms with E-state index in [1.807, 2.05) is 61.5 Å². The molecule has 2 aliphatic heterocycles. The standard InChI is InChI=1S/C32H33ClF2N6O3S2/c1-22-5-7-24(8-6-22)26-16-23(17-29(38-26)40-14-12-39(13-15-40)20-25-4-2-3-11-36-25)19-37-31(42)27-18-32(34,35)21-41(27)46(43,44)30-10-9-28(33)45-30/h2-11,16-17,27H,12-15,18-21H2,1H3,(H,37,42)/t27-/m0/s1. The predicted molar refractivity (Wildman–Crippen MR) is 175 cm³/mol. The average molecular weight is 687 g/mol. The number of aryl methyl sites for hydroxylation is 1. The van der Waals surface area contributed by atoms with E-state index in [0.717, 1.165) is 66.7 Å². The van der Waals surface area contributed by atoms with E-state index in [9.17, 15) is 22.0 Å². The number of pyridine rings is 2. The molecule has 0 radical (unpaired) electrons. The summed E-state index contributed by atoms with van der Waals surface area (Å²) < 4.78 is 56.2. The van der Waals surface area contributed by atoms with Crippen LogP contribution in [0, 0.1) is 6.92 Å². The number of carbonyl (C=O) groups excluding carboxylic acids is 1. The van der Waals surface area contributed by atoms with Gasteiger partial charge in [0.1, 0.15) is 16.1 Å². The van der Waals surface area contributed by atoms with Gasteiger partial charge in [-0.25, -0.2) is 22.2 Å². The van der Waals surface area contributed by atoms with E-state index < -0.39 is 40.9 Å². The number of halogens is 3. The van der Waals surface area contributed by atoms with Gasteiger partial charge in [-0.15, -0.1) is 11.3 Å². The van der Waals surface area contributed by atoms with Crippen LogP contribution in [-0.2, 0) is 27.9 Å². The second-order valence-corrected chi connectivity index (χ2v) is 15.4. The number of sulfonamides is 1. The van der Waals surface area contributed by atoms with Crippen LogP contribution >= 0.6 is 22.9 Å². The fourth-order valence-electron chi connectivity index (χ4n) is 5.69. The summed E-state index contributed by atoms with van der Waals surface area (Å²) in [5.41, 5.74) is 4.45. The predicted octanol–water partition coefficient (Wildman–Crippen LogP) is 5.20. The minimum atomic E-state index is -4.36. The number of aromatic nitrogens is 2. The summed E-state index contributed by atoms with van der Waals surface area (Å²) in [6.45, 7) is 4.79. The molecule has 1 N–H and O–H groups in total. The van der Waals surface area contributed by atoms with E-state index >= 15 is 0 Å². The van der Waals surface area contributed by atoms with Crippen LogP contribution < -0.4 is 10.2 Å². The average Bonchev–Trinajstić information content (AvgIpc) is 3.64. The Morgan fingerprint density at radius 1 is 1.07 bits per heavy atom. The van der Waals surface area contributed by atoms with Crippen molar-refractivity contribution in [2.45, 2.75) is 42.6 Å². The molecule has 2 fully saturated rings. The number of carbonyl (C=O) groups is 1. The van der Waals surface area contributed by atoms with E-state index in [0.29, 0.717) is 15.6 Å². The zero-order valence-corrected chi connectivity index (χ0v) is 27.5. The molecular formula is C32H33ClF2N6O3S2. The van der Waals surface area contributed by atoms with Gasteiger partial charge in [-0.3, -0.25) is 14.7 Å². The molecule has 0 aliphatic carbocycles. The van der Waals surface area contributed by atoms with Crippen LogP contribution in [-0.4, -0.2) is 78.2 Å². The largest absolute Gasteiger partial charge is 0.354 e. The van der Waals surface area contributed by atoms with Crippen LogP contribution in [0.5, 0.6) is 0 Å². The Balaban J connectivity index is 1.20. The highest BCUT2D eigenvalue weighted by Gasteiger charge is 2.53. The van der Waals surface area contributed by atoms with E-state index in [-0.39, 0.29) is 15.1 Å². The highest BCUT2D eigenvalue weighted by Crippen LogP contribution is 2.38. The smallest absolute Gasteiger partial charge is 0.263 e. The van der Waals surface area contributed by atoms with Gasteiger partial charge in [0.25, 0.3) is 15.9 Å². The fourth-order valence-corrected chi connectivity index (χ4v) is 8.91. The molecular weight excluding hydrogens is 654 g/mol. The first-order chi connectivity index (χ1) is 22.0. The van der Waals surface area contributed by atoms with Crippen molar-refractivity contribution in [3.05, 3.63) is 94.1 Å². The van der Waals surface area contributed by atoms with Crippen LogP contribution in [0.4, 0.5) is 14.6 Å². The SMILES string of the molecule is Cc1ccc(-c2cc(CNC(=O)[C@@H]3CC(F)(F)CN3S(=O)(=O)c3ccc(Cl)s3)cc(N3CCN(Cc4ccccn4)CC3)n2)cc1. The van der Waals surface area contributed by atoms with Crippen molar-refractivity contribution in [2.75, 3.05) is 37.6 Å². The maximum Gasteiger partial charge on any atom is 0.263 e. The lowest BCUT2D eigenvalue weighted by Gasteiger charge is -2.35. The maximum atomic E-state index is 14.6. The molecule has 5 heterocycles. The monoisotopic (exact) mass is 686 g/mol. The molecule has 0 bridgehead atoms. The highest BCUT2D eigenvalue weighted by atomic mass is 35.5. The Morgan fingerprint density at radius 2 is 1.83 bits per heavy atom. The van der Waals surface area contributed by atoms with Gasteiger partial charge in [0, 0.05) is 57.4 Å². The molecule has 6 rings (SSSR count). The summed E-state index contributed by atoms with van der Waals surface area (Å²) in [7, 11) is -4.36. The maximum absolute atomic E-state index is 14.6. The zero-order chi connectivity index (χ0) is 32.5. The van der Waals surface area contributed by atoms with Crippen molar-refractivity contribution in [3.8, 4) is 11.3 Å². The third kappa shape index (κ3) is 7.39. The third-order valence-electron chi connectivity index (χ3n) is 8.13. The lowest BCUT2D eigenvalue weighted by Crippen LogP contribution is -2.46. The first-order valence-corrected chi connectivity index (χ1v) is 17.5. The number of benzene rings is 1. The van der Waals surface area contributed by atoms with E-state index in [1.54, 1.807) is 6.20 Å². The minimum absolute atomic E-state index is 0.00758. The quantitative estimate of drug-likeness (QED) is 0.258. The van der Waals surface area contributed by atoms with Gasteiger partial charge in [-0.1, -0.05) is 47.5 Å². The first kappa shape index (κ1) is 32.5.